The molecule has 0 radical (unpaired) electrons. The molecule has 2 heterocycles. The van der Waals surface area contributed by atoms with Gasteiger partial charge in [0.1, 0.15) is 12.5 Å². The molecule has 1 aromatic heterocycles. The van der Waals surface area contributed by atoms with E-state index in [1.54, 1.807) is 11.0 Å². The van der Waals surface area contributed by atoms with E-state index in [4.69, 9.17) is 4.74 Å². The molecular weight excluding hydrogens is 401 g/mol. The van der Waals surface area contributed by atoms with E-state index in [0.29, 0.717) is 24.3 Å². The maximum Gasteiger partial charge on any atom is 0.573 e. The van der Waals surface area contributed by atoms with Gasteiger partial charge in [0.2, 0.25) is 5.95 Å². The van der Waals surface area contributed by atoms with E-state index in [1.807, 2.05) is 13.8 Å². The molecule has 0 atom stereocenters. The molecule has 1 saturated heterocycles. The molecule has 1 fully saturated rings. The first-order valence-corrected chi connectivity index (χ1v) is 9.54. The fraction of sp³-hybridized carbons (Fsp3) is 0.450. The average molecular weight is 424 g/mol. The van der Waals surface area contributed by atoms with Gasteiger partial charge < -0.3 is 19.7 Å². The molecule has 3 rings (SSSR count). The third kappa shape index (κ3) is 6.06. The first kappa shape index (κ1) is 21.8. The number of alkyl halides is 3. The van der Waals surface area contributed by atoms with Gasteiger partial charge in [0.15, 0.2) is 0 Å². The number of benzene rings is 1. The van der Waals surface area contributed by atoms with Gasteiger partial charge in [0.25, 0.3) is 5.91 Å². The molecule has 0 bridgehead atoms. The Labute approximate surface area is 172 Å². The SMILES string of the molecule is CC(C)c1cc(CNc2ncc(C(=O)N3CCCOC3)cn2)cc(OC(F)(F)F)c1. The second-order valence-electron chi connectivity index (χ2n) is 7.22. The fourth-order valence-electron chi connectivity index (χ4n) is 2.96. The van der Waals surface area contributed by atoms with Crippen molar-refractivity contribution in [2.75, 3.05) is 25.2 Å². The van der Waals surface area contributed by atoms with E-state index < -0.39 is 6.36 Å². The molecule has 1 amide bonds. The third-order valence-corrected chi connectivity index (χ3v) is 4.49. The highest BCUT2D eigenvalue weighted by molar-refractivity contribution is 5.93. The molecule has 2 aromatic rings. The number of carbonyl (C=O) groups is 1. The van der Waals surface area contributed by atoms with Gasteiger partial charge in [0, 0.05) is 25.5 Å². The van der Waals surface area contributed by atoms with E-state index in [9.17, 15) is 18.0 Å². The number of aromatic nitrogens is 2. The number of ether oxygens (including phenoxy) is 2. The Bertz CT molecular complexity index is 867. The number of nitrogens with one attached hydrogen (secondary N) is 1. The normalized spacial score (nSPS) is 14.7. The first-order valence-electron chi connectivity index (χ1n) is 9.54. The summed E-state index contributed by atoms with van der Waals surface area (Å²) in [4.78, 5) is 22.2. The predicted molar refractivity (Wildman–Crippen MR) is 103 cm³/mol. The molecule has 10 heteroatoms. The molecule has 1 aliphatic rings. The van der Waals surface area contributed by atoms with Crippen molar-refractivity contribution in [3.8, 4) is 5.75 Å². The summed E-state index contributed by atoms with van der Waals surface area (Å²) in [5.41, 5.74) is 1.66. The third-order valence-electron chi connectivity index (χ3n) is 4.49. The highest BCUT2D eigenvalue weighted by atomic mass is 19.4. The minimum atomic E-state index is -4.76. The summed E-state index contributed by atoms with van der Waals surface area (Å²) in [6.07, 6.45) is -1.16. The highest BCUT2D eigenvalue weighted by Gasteiger charge is 2.31. The lowest BCUT2D eigenvalue weighted by Gasteiger charge is -2.26. The summed E-state index contributed by atoms with van der Waals surface area (Å²) in [5, 5.41) is 2.95. The number of hydrogen-bond donors (Lipinski definition) is 1. The lowest BCUT2D eigenvalue weighted by Crippen LogP contribution is -2.38. The van der Waals surface area contributed by atoms with E-state index in [0.717, 1.165) is 12.0 Å². The first-order chi connectivity index (χ1) is 14.2. The lowest BCUT2D eigenvalue weighted by molar-refractivity contribution is -0.274. The van der Waals surface area contributed by atoms with Crippen molar-refractivity contribution in [1.82, 2.24) is 14.9 Å². The molecule has 0 spiro atoms. The number of carbonyl (C=O) groups excluding carboxylic acids is 1. The van der Waals surface area contributed by atoms with Crippen molar-refractivity contribution in [3.63, 3.8) is 0 Å². The van der Waals surface area contributed by atoms with Gasteiger partial charge in [-0.1, -0.05) is 19.9 Å². The highest BCUT2D eigenvalue weighted by Crippen LogP contribution is 2.28. The summed E-state index contributed by atoms with van der Waals surface area (Å²) >= 11 is 0. The largest absolute Gasteiger partial charge is 0.573 e. The van der Waals surface area contributed by atoms with E-state index in [2.05, 4.69) is 20.0 Å². The number of nitrogens with zero attached hydrogens (tertiary/aromatic N) is 3. The van der Waals surface area contributed by atoms with Crippen LogP contribution in [0.1, 0.15) is 47.7 Å². The van der Waals surface area contributed by atoms with Gasteiger partial charge >= 0.3 is 6.36 Å². The second-order valence-corrected chi connectivity index (χ2v) is 7.22. The van der Waals surface area contributed by atoms with Gasteiger partial charge in [0.05, 0.1) is 12.2 Å². The fourth-order valence-corrected chi connectivity index (χ4v) is 2.96. The van der Waals surface area contributed by atoms with Crippen LogP contribution in [0.3, 0.4) is 0 Å². The lowest BCUT2D eigenvalue weighted by atomic mass is 10.0. The Balaban J connectivity index is 1.66. The Kier molecular flexibility index (Phi) is 6.76. The van der Waals surface area contributed by atoms with E-state index >= 15 is 0 Å². The molecule has 0 aliphatic carbocycles. The van der Waals surface area contributed by atoms with Crippen LogP contribution >= 0.6 is 0 Å². The van der Waals surface area contributed by atoms with Crippen LogP contribution in [0.2, 0.25) is 0 Å². The van der Waals surface area contributed by atoms with Crippen molar-refractivity contribution < 1.29 is 27.4 Å². The zero-order valence-corrected chi connectivity index (χ0v) is 16.7. The predicted octanol–water partition coefficient (Wildman–Crippen LogP) is 3.93. The van der Waals surface area contributed by atoms with Crippen LogP contribution in [0.15, 0.2) is 30.6 Å². The Morgan fingerprint density at radius 3 is 2.60 bits per heavy atom. The van der Waals surface area contributed by atoms with Crippen LogP contribution in [-0.4, -0.2) is 47.0 Å². The molecular formula is C20H23F3N4O3. The zero-order chi connectivity index (χ0) is 21.7. The Morgan fingerprint density at radius 1 is 1.27 bits per heavy atom. The number of rotatable bonds is 6. The maximum absolute atomic E-state index is 12.6. The second kappa shape index (κ2) is 9.29. The average Bonchev–Trinajstić information content (AvgIpc) is 2.71. The Hall–Kier alpha value is -2.88. The molecule has 7 nitrogen and oxygen atoms in total. The van der Waals surface area contributed by atoms with Crippen LogP contribution < -0.4 is 10.1 Å². The van der Waals surface area contributed by atoms with Crippen molar-refractivity contribution in [2.45, 2.75) is 39.1 Å². The zero-order valence-electron chi connectivity index (χ0n) is 16.7. The Morgan fingerprint density at radius 2 is 2.00 bits per heavy atom. The van der Waals surface area contributed by atoms with Crippen LogP contribution in [0, 0.1) is 0 Å². The van der Waals surface area contributed by atoms with Crippen LogP contribution in [0.25, 0.3) is 0 Å². The summed E-state index contributed by atoms with van der Waals surface area (Å²) in [6.45, 7) is 5.46. The molecule has 162 valence electrons. The molecule has 0 saturated carbocycles. The van der Waals surface area contributed by atoms with Crippen molar-refractivity contribution in [3.05, 3.63) is 47.3 Å². The summed E-state index contributed by atoms with van der Waals surface area (Å²) in [5.74, 6) is -0.188. The number of amides is 1. The summed E-state index contributed by atoms with van der Waals surface area (Å²) in [7, 11) is 0. The van der Waals surface area contributed by atoms with Gasteiger partial charge in [-0.25, -0.2) is 9.97 Å². The van der Waals surface area contributed by atoms with Gasteiger partial charge in [-0.05, 0) is 35.6 Å². The quantitative estimate of drug-likeness (QED) is 0.757. The smallest absolute Gasteiger partial charge is 0.406 e. The van der Waals surface area contributed by atoms with E-state index in [1.165, 1.54) is 24.5 Å². The minimum absolute atomic E-state index is 0.0286. The van der Waals surface area contributed by atoms with E-state index in [-0.39, 0.29) is 36.8 Å². The number of hydrogen-bond acceptors (Lipinski definition) is 6. The molecule has 1 aromatic carbocycles. The topological polar surface area (TPSA) is 76.6 Å². The minimum Gasteiger partial charge on any atom is -0.406 e. The number of anilines is 1. The number of halogens is 3. The van der Waals surface area contributed by atoms with Crippen LogP contribution in [0.5, 0.6) is 5.75 Å². The molecule has 1 N–H and O–H groups in total. The van der Waals surface area contributed by atoms with Gasteiger partial charge in [-0.15, -0.1) is 13.2 Å². The van der Waals surface area contributed by atoms with Crippen LogP contribution in [-0.2, 0) is 11.3 Å². The van der Waals surface area contributed by atoms with Gasteiger partial charge in [-0.3, -0.25) is 4.79 Å². The molecule has 30 heavy (non-hydrogen) atoms. The van der Waals surface area contributed by atoms with Crippen molar-refractivity contribution >= 4 is 11.9 Å². The molecule has 1 aliphatic heterocycles. The monoisotopic (exact) mass is 424 g/mol. The van der Waals surface area contributed by atoms with Crippen molar-refractivity contribution in [1.29, 1.82) is 0 Å². The van der Waals surface area contributed by atoms with Gasteiger partial charge in [-0.2, -0.15) is 0 Å². The maximum atomic E-state index is 12.6. The summed E-state index contributed by atoms with van der Waals surface area (Å²) in [6, 6.07) is 4.50. The van der Waals surface area contributed by atoms with Crippen LogP contribution in [0.4, 0.5) is 19.1 Å². The van der Waals surface area contributed by atoms with Crippen molar-refractivity contribution in [2.24, 2.45) is 0 Å². The molecule has 0 unspecified atom stereocenters. The summed E-state index contributed by atoms with van der Waals surface area (Å²) < 4.78 is 47.1. The standard InChI is InChI=1S/C20H23F3N4O3/c1-13(2)15-6-14(7-17(8-15)30-20(21,22)23)9-24-19-25-10-16(11-26-19)18(28)27-4-3-5-29-12-27/h6-8,10-11,13H,3-5,9,12H2,1-2H3,(H,24,25,26).